The second-order valence-corrected chi connectivity index (χ2v) is 4.73. The topological polar surface area (TPSA) is 70.1 Å². The van der Waals surface area contributed by atoms with Crippen molar-refractivity contribution < 1.29 is 4.74 Å². The second-order valence-electron chi connectivity index (χ2n) is 4.73. The van der Waals surface area contributed by atoms with Crippen LogP contribution in [0.3, 0.4) is 0 Å². The summed E-state index contributed by atoms with van der Waals surface area (Å²) in [5, 5.41) is 0. The van der Waals surface area contributed by atoms with E-state index >= 15 is 0 Å². The largest absolute Gasteiger partial charge is 0.383 e. The van der Waals surface area contributed by atoms with E-state index in [2.05, 4.69) is 25.8 Å². The van der Waals surface area contributed by atoms with E-state index in [-0.39, 0.29) is 23.8 Å². The highest BCUT2D eigenvalue weighted by Crippen LogP contribution is 2.39. The molecule has 2 N–H and O–H groups in total. The van der Waals surface area contributed by atoms with Gasteiger partial charge in [0.1, 0.15) is 12.0 Å². The summed E-state index contributed by atoms with van der Waals surface area (Å²) in [6.45, 7) is 6.36. The molecule has 0 aromatic carbocycles. The zero-order valence-corrected chi connectivity index (χ0v) is 10.5. The number of nitrogens with zero attached hydrogens (tertiary/aromatic N) is 2. The van der Waals surface area contributed by atoms with Crippen molar-refractivity contribution in [1.29, 1.82) is 0 Å². The molecular weight excluding hydrogens is 218 g/mol. The Labute approximate surface area is 101 Å². The Morgan fingerprint density at radius 2 is 2.18 bits per heavy atom. The second kappa shape index (κ2) is 4.49. The van der Waals surface area contributed by atoms with Crippen LogP contribution in [0.5, 0.6) is 0 Å². The molecule has 1 unspecified atom stereocenters. The first kappa shape index (κ1) is 12.1. The van der Waals surface area contributed by atoms with Crippen molar-refractivity contribution in [2.45, 2.75) is 39.5 Å². The SMILES string of the molecule is CC[C@H]1O[C@@H](n2ccc(N)nc2=O)C(C)[C@H]1C. The first-order chi connectivity index (χ1) is 8.04. The first-order valence-corrected chi connectivity index (χ1v) is 6.04. The Kier molecular flexibility index (Phi) is 3.19. The van der Waals surface area contributed by atoms with Gasteiger partial charge < -0.3 is 10.5 Å². The molecule has 5 heteroatoms. The van der Waals surface area contributed by atoms with Gasteiger partial charge in [-0.2, -0.15) is 4.98 Å². The van der Waals surface area contributed by atoms with E-state index in [9.17, 15) is 4.79 Å². The maximum Gasteiger partial charge on any atom is 0.351 e. The van der Waals surface area contributed by atoms with Crippen LogP contribution in [-0.2, 0) is 4.74 Å². The molecule has 1 fully saturated rings. The molecule has 2 rings (SSSR count). The number of rotatable bonds is 2. The summed E-state index contributed by atoms with van der Waals surface area (Å²) in [5.41, 5.74) is 5.13. The standard InChI is InChI=1S/C12H19N3O2/c1-4-9-7(2)8(3)11(17-9)15-6-5-10(13)14-12(15)16/h5-9,11H,4H2,1-3H3,(H2,13,14,16)/t7-,8?,9-,11-/m1/s1. The van der Waals surface area contributed by atoms with Crippen LogP contribution in [0.15, 0.2) is 17.1 Å². The average molecular weight is 237 g/mol. The van der Waals surface area contributed by atoms with Crippen LogP contribution in [0.1, 0.15) is 33.4 Å². The summed E-state index contributed by atoms with van der Waals surface area (Å²) in [5.74, 6) is 0.981. The Morgan fingerprint density at radius 1 is 1.47 bits per heavy atom. The van der Waals surface area contributed by atoms with Gasteiger partial charge in [0.15, 0.2) is 0 Å². The lowest BCUT2D eigenvalue weighted by Gasteiger charge is -2.18. The molecule has 0 amide bonds. The molecule has 1 aromatic rings. The molecule has 0 aliphatic carbocycles. The lowest BCUT2D eigenvalue weighted by molar-refractivity contribution is -0.0167. The monoisotopic (exact) mass is 237 g/mol. The van der Waals surface area contributed by atoms with Crippen molar-refractivity contribution in [3.05, 3.63) is 22.7 Å². The van der Waals surface area contributed by atoms with Crippen LogP contribution < -0.4 is 11.4 Å². The van der Waals surface area contributed by atoms with Crippen LogP contribution in [0.25, 0.3) is 0 Å². The molecule has 1 aliphatic heterocycles. The van der Waals surface area contributed by atoms with Crippen LogP contribution in [0.2, 0.25) is 0 Å². The van der Waals surface area contributed by atoms with Crippen LogP contribution in [0, 0.1) is 11.8 Å². The summed E-state index contributed by atoms with van der Waals surface area (Å²) in [7, 11) is 0. The lowest BCUT2D eigenvalue weighted by atomic mass is 9.91. The Balaban J connectivity index is 2.32. The quantitative estimate of drug-likeness (QED) is 0.844. The summed E-state index contributed by atoms with van der Waals surface area (Å²) in [4.78, 5) is 15.5. The van der Waals surface area contributed by atoms with Gasteiger partial charge in [0.25, 0.3) is 0 Å². The molecule has 2 heterocycles. The van der Waals surface area contributed by atoms with Crippen LogP contribution in [-0.4, -0.2) is 15.7 Å². The maximum absolute atomic E-state index is 11.8. The number of hydrogen-bond acceptors (Lipinski definition) is 4. The fraction of sp³-hybridized carbons (Fsp3) is 0.667. The number of ether oxygens (including phenoxy) is 1. The van der Waals surface area contributed by atoms with Crippen molar-refractivity contribution in [1.82, 2.24) is 9.55 Å². The predicted octanol–water partition coefficient (Wildman–Crippen LogP) is 1.41. The third-order valence-electron chi connectivity index (χ3n) is 3.71. The summed E-state index contributed by atoms with van der Waals surface area (Å²) in [6, 6.07) is 1.63. The Bertz CT molecular complexity index is 457. The first-order valence-electron chi connectivity index (χ1n) is 6.04. The molecular formula is C12H19N3O2. The fourth-order valence-electron chi connectivity index (χ4n) is 2.43. The van der Waals surface area contributed by atoms with Crippen molar-refractivity contribution in [3.63, 3.8) is 0 Å². The van der Waals surface area contributed by atoms with Gasteiger partial charge in [0, 0.05) is 12.1 Å². The Morgan fingerprint density at radius 3 is 2.71 bits per heavy atom. The summed E-state index contributed by atoms with van der Waals surface area (Å²) < 4.78 is 7.46. The number of aromatic nitrogens is 2. The van der Waals surface area contributed by atoms with Gasteiger partial charge in [0.05, 0.1) is 6.10 Å². The lowest BCUT2D eigenvalue weighted by Crippen LogP contribution is -2.29. The molecule has 1 aliphatic rings. The minimum atomic E-state index is -0.342. The molecule has 5 nitrogen and oxygen atoms in total. The number of hydrogen-bond donors (Lipinski definition) is 1. The molecule has 4 atom stereocenters. The van der Waals surface area contributed by atoms with E-state index in [1.165, 1.54) is 4.57 Å². The van der Waals surface area contributed by atoms with Crippen molar-refractivity contribution in [3.8, 4) is 0 Å². The third-order valence-corrected chi connectivity index (χ3v) is 3.71. The predicted molar refractivity (Wildman–Crippen MR) is 65.4 cm³/mol. The summed E-state index contributed by atoms with van der Waals surface area (Å²) >= 11 is 0. The highest BCUT2D eigenvalue weighted by Gasteiger charge is 2.39. The van der Waals surface area contributed by atoms with E-state index in [1.807, 2.05) is 0 Å². The smallest absolute Gasteiger partial charge is 0.351 e. The highest BCUT2D eigenvalue weighted by atomic mass is 16.5. The van der Waals surface area contributed by atoms with Gasteiger partial charge in [-0.25, -0.2) is 4.79 Å². The van der Waals surface area contributed by atoms with E-state index < -0.39 is 0 Å². The molecule has 1 aromatic heterocycles. The van der Waals surface area contributed by atoms with Gasteiger partial charge >= 0.3 is 5.69 Å². The zero-order chi connectivity index (χ0) is 12.6. The van der Waals surface area contributed by atoms with Crippen molar-refractivity contribution in [2.24, 2.45) is 11.8 Å². The molecule has 17 heavy (non-hydrogen) atoms. The number of nitrogen functional groups attached to an aromatic ring is 1. The average Bonchev–Trinajstić information content (AvgIpc) is 2.57. The van der Waals surface area contributed by atoms with Crippen molar-refractivity contribution >= 4 is 5.82 Å². The van der Waals surface area contributed by atoms with E-state index in [4.69, 9.17) is 10.5 Å². The summed E-state index contributed by atoms with van der Waals surface area (Å²) in [6.07, 6.45) is 2.60. The molecule has 1 saturated heterocycles. The third kappa shape index (κ3) is 2.07. The normalized spacial score (nSPS) is 32.9. The van der Waals surface area contributed by atoms with Gasteiger partial charge in [-0.15, -0.1) is 0 Å². The van der Waals surface area contributed by atoms with E-state index in [0.717, 1.165) is 6.42 Å². The number of nitrogens with two attached hydrogens (primary N) is 1. The van der Waals surface area contributed by atoms with E-state index in [1.54, 1.807) is 12.3 Å². The van der Waals surface area contributed by atoms with Gasteiger partial charge in [-0.3, -0.25) is 4.57 Å². The molecule has 94 valence electrons. The van der Waals surface area contributed by atoms with Crippen LogP contribution >= 0.6 is 0 Å². The van der Waals surface area contributed by atoms with Gasteiger partial charge in [-0.1, -0.05) is 20.8 Å². The minimum absolute atomic E-state index is 0.208. The van der Waals surface area contributed by atoms with Gasteiger partial charge in [0.2, 0.25) is 0 Å². The molecule has 0 bridgehead atoms. The minimum Gasteiger partial charge on any atom is -0.383 e. The van der Waals surface area contributed by atoms with Crippen LogP contribution in [0.4, 0.5) is 5.82 Å². The highest BCUT2D eigenvalue weighted by molar-refractivity contribution is 5.23. The molecule has 0 radical (unpaired) electrons. The zero-order valence-electron chi connectivity index (χ0n) is 10.5. The van der Waals surface area contributed by atoms with Crippen molar-refractivity contribution in [2.75, 3.05) is 5.73 Å². The molecule has 0 saturated carbocycles. The van der Waals surface area contributed by atoms with Gasteiger partial charge in [-0.05, 0) is 18.4 Å². The maximum atomic E-state index is 11.8. The Hall–Kier alpha value is -1.36. The van der Waals surface area contributed by atoms with E-state index in [0.29, 0.717) is 11.8 Å². The fourth-order valence-corrected chi connectivity index (χ4v) is 2.43. The molecule has 0 spiro atoms. The number of anilines is 1.